The Morgan fingerprint density at radius 3 is 2.35 bits per heavy atom. The molecule has 1 atom stereocenters. The van der Waals surface area contributed by atoms with E-state index in [1.165, 1.54) is 17.3 Å². The molecular weight excluding hydrogens is 404 g/mol. The lowest BCUT2D eigenvalue weighted by molar-refractivity contribution is -0.117. The Hall–Kier alpha value is -3.38. The minimum atomic E-state index is -0.290. The van der Waals surface area contributed by atoms with E-state index >= 15 is 0 Å². The molecule has 5 nitrogen and oxygen atoms in total. The van der Waals surface area contributed by atoms with E-state index in [-0.39, 0.29) is 11.2 Å². The van der Waals surface area contributed by atoms with Gasteiger partial charge in [0.15, 0.2) is 11.0 Å². The molecule has 1 aliphatic heterocycles. The maximum Gasteiger partial charge on any atom is 0.240 e. The quantitative estimate of drug-likeness (QED) is 0.421. The zero-order chi connectivity index (χ0) is 21.2. The molecule has 1 amide bonds. The predicted octanol–water partition coefficient (Wildman–Crippen LogP) is 5.00. The predicted molar refractivity (Wildman–Crippen MR) is 125 cm³/mol. The van der Waals surface area contributed by atoms with Crippen molar-refractivity contribution < 1.29 is 4.79 Å². The number of nitrogens with zero attached hydrogens (tertiary/aromatic N) is 4. The number of thioether (sulfide) groups is 1. The number of carbonyl (C=O) groups is 1. The fourth-order valence-electron chi connectivity index (χ4n) is 3.93. The van der Waals surface area contributed by atoms with Gasteiger partial charge < -0.3 is 4.90 Å². The lowest BCUT2D eigenvalue weighted by Crippen LogP contribution is -2.35. The summed E-state index contributed by atoms with van der Waals surface area (Å²) < 4.78 is 2.03. The van der Waals surface area contributed by atoms with E-state index < -0.39 is 0 Å². The van der Waals surface area contributed by atoms with Crippen LogP contribution in [-0.2, 0) is 11.2 Å². The van der Waals surface area contributed by atoms with Gasteiger partial charge in [0.2, 0.25) is 5.91 Å². The summed E-state index contributed by atoms with van der Waals surface area (Å²) in [5.74, 6) is 0.860. The van der Waals surface area contributed by atoms with Crippen LogP contribution in [0.1, 0.15) is 12.5 Å². The molecule has 0 aliphatic carbocycles. The molecule has 2 heterocycles. The molecule has 1 unspecified atom stereocenters. The Balaban J connectivity index is 1.47. The van der Waals surface area contributed by atoms with Crippen molar-refractivity contribution in [3.05, 3.63) is 90.5 Å². The maximum atomic E-state index is 13.3. The first-order chi connectivity index (χ1) is 15.2. The summed E-state index contributed by atoms with van der Waals surface area (Å²) in [6, 6.07) is 28.2. The van der Waals surface area contributed by atoms with Gasteiger partial charge in [-0.15, -0.1) is 10.2 Å². The fourth-order valence-corrected chi connectivity index (χ4v) is 4.85. The summed E-state index contributed by atoms with van der Waals surface area (Å²) in [5.41, 5.74) is 4.21. The molecule has 0 N–H and O–H groups in total. The minimum Gasteiger partial charge on any atom is -0.311 e. The average molecular weight is 427 g/mol. The third kappa shape index (κ3) is 3.75. The zero-order valence-corrected chi connectivity index (χ0v) is 18.0. The molecule has 0 saturated heterocycles. The van der Waals surface area contributed by atoms with E-state index in [1.54, 1.807) is 0 Å². The van der Waals surface area contributed by atoms with Crippen LogP contribution in [0.25, 0.3) is 17.1 Å². The van der Waals surface area contributed by atoms with Gasteiger partial charge in [0.25, 0.3) is 0 Å². The van der Waals surface area contributed by atoms with Gasteiger partial charge in [0.05, 0.1) is 5.25 Å². The van der Waals surface area contributed by atoms with E-state index in [9.17, 15) is 4.79 Å². The smallest absolute Gasteiger partial charge is 0.240 e. The van der Waals surface area contributed by atoms with Crippen molar-refractivity contribution in [2.45, 2.75) is 23.8 Å². The van der Waals surface area contributed by atoms with Crippen LogP contribution in [0.5, 0.6) is 0 Å². The van der Waals surface area contributed by atoms with E-state index in [2.05, 4.69) is 16.3 Å². The Kier molecular flexibility index (Phi) is 5.30. The van der Waals surface area contributed by atoms with E-state index in [0.717, 1.165) is 35.7 Å². The van der Waals surface area contributed by atoms with Crippen LogP contribution in [0.4, 0.5) is 5.69 Å². The lowest BCUT2D eigenvalue weighted by Gasteiger charge is -2.21. The van der Waals surface area contributed by atoms with Crippen molar-refractivity contribution in [1.82, 2.24) is 14.8 Å². The number of para-hydroxylation sites is 2. The van der Waals surface area contributed by atoms with Crippen LogP contribution in [0.15, 0.2) is 90.1 Å². The Labute approximate surface area is 185 Å². The second-order valence-corrected chi connectivity index (χ2v) is 8.78. The summed E-state index contributed by atoms with van der Waals surface area (Å²) in [5, 5.41) is 9.36. The highest BCUT2D eigenvalue weighted by atomic mass is 32.2. The Morgan fingerprint density at radius 2 is 1.58 bits per heavy atom. The second kappa shape index (κ2) is 8.40. The molecule has 0 radical (unpaired) electrons. The molecule has 5 rings (SSSR count). The number of fused-ring (bicyclic) bond motifs is 1. The molecule has 1 aromatic heterocycles. The third-order valence-electron chi connectivity index (χ3n) is 5.46. The Morgan fingerprint density at radius 1 is 0.903 bits per heavy atom. The van der Waals surface area contributed by atoms with E-state index in [0.29, 0.717) is 5.16 Å². The van der Waals surface area contributed by atoms with Gasteiger partial charge in [-0.3, -0.25) is 9.36 Å². The van der Waals surface area contributed by atoms with Crippen molar-refractivity contribution in [2.24, 2.45) is 0 Å². The van der Waals surface area contributed by atoms with Crippen LogP contribution in [0.2, 0.25) is 0 Å². The zero-order valence-electron chi connectivity index (χ0n) is 17.2. The minimum absolute atomic E-state index is 0.0961. The van der Waals surface area contributed by atoms with Crippen molar-refractivity contribution in [1.29, 1.82) is 0 Å². The topological polar surface area (TPSA) is 51.0 Å². The number of hydrogen-bond acceptors (Lipinski definition) is 4. The number of aromatic nitrogens is 3. The molecule has 6 heteroatoms. The molecule has 3 aromatic carbocycles. The number of anilines is 1. The number of amides is 1. The van der Waals surface area contributed by atoms with Crippen LogP contribution in [0, 0.1) is 0 Å². The first kappa shape index (κ1) is 19.6. The molecule has 31 heavy (non-hydrogen) atoms. The van der Waals surface area contributed by atoms with Gasteiger partial charge in [-0.05, 0) is 37.1 Å². The molecule has 0 fully saturated rings. The summed E-state index contributed by atoms with van der Waals surface area (Å²) >= 11 is 1.45. The van der Waals surface area contributed by atoms with Crippen LogP contribution >= 0.6 is 11.8 Å². The standard InChI is InChI=1S/C25H22N4OS/c1-18(24(30)28-17-16-19-10-8-9-15-22(19)28)31-25-27-26-23(20-11-4-2-5-12-20)29(25)21-13-6-3-7-14-21/h2-15,18H,16-17H2,1H3. The molecular formula is C25H22N4OS. The Bertz CT molecular complexity index is 1210. The van der Waals surface area contributed by atoms with Crippen molar-refractivity contribution in [3.8, 4) is 17.1 Å². The van der Waals surface area contributed by atoms with Crippen molar-refractivity contribution in [3.63, 3.8) is 0 Å². The first-order valence-corrected chi connectivity index (χ1v) is 11.2. The van der Waals surface area contributed by atoms with Crippen LogP contribution in [0.3, 0.4) is 0 Å². The van der Waals surface area contributed by atoms with Gasteiger partial charge in [-0.1, -0.05) is 78.5 Å². The van der Waals surface area contributed by atoms with Crippen molar-refractivity contribution >= 4 is 23.4 Å². The van der Waals surface area contributed by atoms with Gasteiger partial charge >= 0.3 is 0 Å². The summed E-state index contributed by atoms with van der Waals surface area (Å²) in [6.45, 7) is 2.67. The molecule has 1 aliphatic rings. The van der Waals surface area contributed by atoms with Gasteiger partial charge in [-0.25, -0.2) is 0 Å². The number of hydrogen-bond donors (Lipinski definition) is 0. The monoisotopic (exact) mass is 426 g/mol. The largest absolute Gasteiger partial charge is 0.311 e. The molecule has 4 aromatic rings. The van der Waals surface area contributed by atoms with E-state index in [4.69, 9.17) is 0 Å². The second-order valence-electron chi connectivity index (χ2n) is 7.47. The van der Waals surface area contributed by atoms with Crippen molar-refractivity contribution in [2.75, 3.05) is 11.4 Å². The average Bonchev–Trinajstić information content (AvgIpc) is 3.44. The number of carbonyl (C=O) groups excluding carboxylic acids is 1. The van der Waals surface area contributed by atoms with E-state index in [1.807, 2.05) is 95.3 Å². The summed E-state index contributed by atoms with van der Waals surface area (Å²) in [4.78, 5) is 15.2. The molecule has 0 spiro atoms. The SMILES string of the molecule is CC(Sc1nnc(-c2ccccc2)n1-c1ccccc1)C(=O)N1CCc2ccccc21. The maximum absolute atomic E-state index is 13.3. The first-order valence-electron chi connectivity index (χ1n) is 10.3. The highest BCUT2D eigenvalue weighted by molar-refractivity contribution is 8.00. The normalized spacial score (nSPS) is 13.8. The fraction of sp³-hybridized carbons (Fsp3) is 0.160. The number of benzene rings is 3. The van der Waals surface area contributed by atoms with Crippen LogP contribution < -0.4 is 4.90 Å². The summed E-state index contributed by atoms with van der Waals surface area (Å²) in [7, 11) is 0. The van der Waals surface area contributed by atoms with Gasteiger partial charge in [0.1, 0.15) is 0 Å². The molecule has 0 saturated carbocycles. The molecule has 0 bridgehead atoms. The highest BCUT2D eigenvalue weighted by Crippen LogP contribution is 2.33. The number of rotatable bonds is 5. The lowest BCUT2D eigenvalue weighted by atomic mass is 10.2. The highest BCUT2D eigenvalue weighted by Gasteiger charge is 2.30. The third-order valence-corrected chi connectivity index (χ3v) is 6.49. The van der Waals surface area contributed by atoms with Crippen LogP contribution in [-0.4, -0.2) is 32.5 Å². The summed E-state index contributed by atoms with van der Waals surface area (Å²) in [6.07, 6.45) is 0.900. The van der Waals surface area contributed by atoms with Gasteiger partial charge in [0, 0.05) is 23.5 Å². The van der Waals surface area contributed by atoms with Gasteiger partial charge in [-0.2, -0.15) is 0 Å². The molecule has 154 valence electrons.